The van der Waals surface area contributed by atoms with Gasteiger partial charge >= 0.3 is 0 Å². The Bertz CT molecular complexity index is 295. The van der Waals surface area contributed by atoms with Crippen molar-refractivity contribution in [3.05, 3.63) is 16.9 Å². The van der Waals surface area contributed by atoms with E-state index in [1.807, 2.05) is 0 Å². The molecule has 1 fully saturated rings. The van der Waals surface area contributed by atoms with Crippen LogP contribution in [0.5, 0.6) is 0 Å². The molecule has 0 atom stereocenters. The monoisotopic (exact) mass is 255 g/mol. The van der Waals surface area contributed by atoms with Gasteiger partial charge in [-0.2, -0.15) is 0 Å². The van der Waals surface area contributed by atoms with Crippen LogP contribution in [0, 0.1) is 5.92 Å². The molecular formula is C10H14BrN3. The fourth-order valence-corrected chi connectivity index (χ4v) is 1.64. The van der Waals surface area contributed by atoms with Crippen molar-refractivity contribution in [3.63, 3.8) is 0 Å². The van der Waals surface area contributed by atoms with Crippen LogP contribution in [0.15, 0.2) is 16.9 Å². The fourth-order valence-electron chi connectivity index (χ4n) is 1.43. The van der Waals surface area contributed by atoms with Crippen LogP contribution in [0.25, 0.3) is 0 Å². The van der Waals surface area contributed by atoms with E-state index in [9.17, 15) is 0 Å². The number of hydrogen-bond acceptors (Lipinski definition) is 3. The minimum Gasteiger partial charge on any atom is -0.341 e. The van der Waals surface area contributed by atoms with Crippen molar-refractivity contribution in [2.75, 3.05) is 18.0 Å². The fraction of sp³-hybridized carbons (Fsp3) is 0.600. The van der Waals surface area contributed by atoms with E-state index in [-0.39, 0.29) is 0 Å². The summed E-state index contributed by atoms with van der Waals surface area (Å²) in [6, 6.07) is 0. The average molecular weight is 256 g/mol. The van der Waals surface area contributed by atoms with E-state index in [4.69, 9.17) is 0 Å². The zero-order valence-electron chi connectivity index (χ0n) is 8.28. The van der Waals surface area contributed by atoms with Crippen molar-refractivity contribution in [2.24, 2.45) is 5.92 Å². The zero-order chi connectivity index (χ0) is 9.97. The van der Waals surface area contributed by atoms with E-state index in [0.717, 1.165) is 29.4 Å². The number of halogens is 1. The molecule has 14 heavy (non-hydrogen) atoms. The van der Waals surface area contributed by atoms with Gasteiger partial charge in [0.25, 0.3) is 0 Å². The van der Waals surface area contributed by atoms with Crippen LogP contribution in [0.1, 0.15) is 19.8 Å². The van der Waals surface area contributed by atoms with E-state index in [0.29, 0.717) is 0 Å². The third kappa shape index (κ3) is 2.44. The maximum Gasteiger partial charge on any atom is 0.225 e. The lowest BCUT2D eigenvalue weighted by atomic mass is 10.4. The van der Waals surface area contributed by atoms with Crippen molar-refractivity contribution in [2.45, 2.75) is 19.8 Å². The highest BCUT2D eigenvalue weighted by atomic mass is 79.9. The first kappa shape index (κ1) is 9.90. The van der Waals surface area contributed by atoms with Crippen molar-refractivity contribution in [1.82, 2.24) is 9.97 Å². The highest BCUT2D eigenvalue weighted by Gasteiger charge is 2.24. The summed E-state index contributed by atoms with van der Waals surface area (Å²) in [6.45, 7) is 4.24. The van der Waals surface area contributed by atoms with Crippen LogP contribution in [0.2, 0.25) is 0 Å². The van der Waals surface area contributed by atoms with Crippen molar-refractivity contribution in [3.8, 4) is 0 Å². The van der Waals surface area contributed by atoms with E-state index in [1.165, 1.54) is 12.8 Å². The highest BCUT2D eigenvalue weighted by Crippen LogP contribution is 2.30. The van der Waals surface area contributed by atoms with Gasteiger partial charge in [-0.3, -0.25) is 0 Å². The first-order valence-electron chi connectivity index (χ1n) is 5.02. The number of rotatable bonds is 4. The largest absolute Gasteiger partial charge is 0.341 e. The lowest BCUT2D eigenvalue weighted by Gasteiger charge is -2.19. The molecule has 2 rings (SSSR count). The SMILES string of the molecule is CCN(CC1CC1)c1ncc(Br)cn1. The second-order valence-electron chi connectivity index (χ2n) is 3.68. The maximum atomic E-state index is 4.30. The van der Waals surface area contributed by atoms with E-state index < -0.39 is 0 Å². The van der Waals surface area contributed by atoms with Crippen LogP contribution in [0.3, 0.4) is 0 Å². The molecule has 1 aromatic rings. The zero-order valence-corrected chi connectivity index (χ0v) is 9.87. The van der Waals surface area contributed by atoms with Crippen molar-refractivity contribution < 1.29 is 0 Å². The molecule has 1 aliphatic rings. The Kier molecular flexibility index (Phi) is 3.01. The van der Waals surface area contributed by atoms with Crippen molar-refractivity contribution >= 4 is 21.9 Å². The highest BCUT2D eigenvalue weighted by molar-refractivity contribution is 9.10. The molecule has 0 radical (unpaired) electrons. The standard InChI is InChI=1S/C10H14BrN3/c1-2-14(7-8-3-4-8)10-12-5-9(11)6-13-10/h5-6,8H,2-4,7H2,1H3. The molecule has 0 unspecified atom stereocenters. The Balaban J connectivity index is 2.05. The van der Waals surface area contributed by atoms with Gasteiger partial charge in [-0.15, -0.1) is 0 Å². The Hall–Kier alpha value is -0.640. The van der Waals surface area contributed by atoms with E-state index in [2.05, 4.69) is 37.7 Å². The predicted molar refractivity (Wildman–Crippen MR) is 60.3 cm³/mol. The summed E-state index contributed by atoms with van der Waals surface area (Å²) >= 11 is 3.34. The topological polar surface area (TPSA) is 29.0 Å². The molecule has 0 aromatic carbocycles. The van der Waals surface area contributed by atoms with Gasteiger partial charge in [0.2, 0.25) is 5.95 Å². The molecule has 0 bridgehead atoms. The molecule has 0 aliphatic heterocycles. The quantitative estimate of drug-likeness (QED) is 0.828. The summed E-state index contributed by atoms with van der Waals surface area (Å²) in [5.41, 5.74) is 0. The van der Waals surface area contributed by atoms with Gasteiger partial charge in [0.1, 0.15) is 0 Å². The van der Waals surface area contributed by atoms with Crippen LogP contribution in [-0.2, 0) is 0 Å². The van der Waals surface area contributed by atoms with Gasteiger partial charge in [0, 0.05) is 25.5 Å². The third-order valence-corrected chi connectivity index (χ3v) is 2.86. The molecular weight excluding hydrogens is 242 g/mol. The molecule has 1 heterocycles. The van der Waals surface area contributed by atoms with Gasteiger partial charge in [-0.05, 0) is 41.6 Å². The minimum atomic E-state index is 0.850. The first-order chi connectivity index (χ1) is 6.79. The smallest absolute Gasteiger partial charge is 0.225 e. The molecule has 1 aromatic heterocycles. The minimum absolute atomic E-state index is 0.850. The lowest BCUT2D eigenvalue weighted by molar-refractivity contribution is 0.719. The van der Waals surface area contributed by atoms with Crippen LogP contribution < -0.4 is 4.90 Å². The number of aromatic nitrogens is 2. The van der Waals surface area contributed by atoms with Gasteiger partial charge < -0.3 is 4.90 Å². The number of nitrogens with zero attached hydrogens (tertiary/aromatic N) is 3. The molecule has 0 N–H and O–H groups in total. The summed E-state index contributed by atoms with van der Waals surface area (Å²) < 4.78 is 0.934. The summed E-state index contributed by atoms with van der Waals surface area (Å²) in [5, 5.41) is 0. The predicted octanol–water partition coefficient (Wildman–Crippen LogP) is 2.48. The maximum absolute atomic E-state index is 4.30. The normalized spacial score (nSPS) is 15.6. The summed E-state index contributed by atoms with van der Waals surface area (Å²) in [4.78, 5) is 10.8. The molecule has 0 spiro atoms. The van der Waals surface area contributed by atoms with Crippen LogP contribution in [-0.4, -0.2) is 23.1 Å². The van der Waals surface area contributed by atoms with E-state index >= 15 is 0 Å². The lowest BCUT2D eigenvalue weighted by Crippen LogP contribution is -2.27. The van der Waals surface area contributed by atoms with Crippen molar-refractivity contribution in [1.29, 1.82) is 0 Å². The second kappa shape index (κ2) is 4.26. The molecule has 76 valence electrons. The van der Waals surface area contributed by atoms with Gasteiger partial charge in [-0.1, -0.05) is 0 Å². The van der Waals surface area contributed by atoms with Crippen LogP contribution in [0.4, 0.5) is 5.95 Å². The Morgan fingerprint density at radius 3 is 2.57 bits per heavy atom. The van der Waals surface area contributed by atoms with E-state index in [1.54, 1.807) is 12.4 Å². The summed E-state index contributed by atoms with van der Waals surface area (Å²) in [6.07, 6.45) is 6.34. The second-order valence-corrected chi connectivity index (χ2v) is 4.60. The molecule has 3 nitrogen and oxygen atoms in total. The molecule has 1 aliphatic carbocycles. The summed E-state index contributed by atoms with van der Waals surface area (Å²) in [7, 11) is 0. The molecule has 0 amide bonds. The number of anilines is 1. The van der Waals surface area contributed by atoms with Gasteiger partial charge in [-0.25, -0.2) is 9.97 Å². The van der Waals surface area contributed by atoms with Gasteiger partial charge in [0.05, 0.1) is 4.47 Å². The average Bonchev–Trinajstić information content (AvgIpc) is 3.00. The Labute approximate surface area is 92.7 Å². The molecule has 0 saturated heterocycles. The number of hydrogen-bond donors (Lipinski definition) is 0. The third-order valence-electron chi connectivity index (χ3n) is 2.45. The first-order valence-corrected chi connectivity index (χ1v) is 5.81. The summed E-state index contributed by atoms with van der Waals surface area (Å²) in [5.74, 6) is 1.73. The van der Waals surface area contributed by atoms with Crippen LogP contribution >= 0.6 is 15.9 Å². The Morgan fingerprint density at radius 1 is 1.43 bits per heavy atom. The molecule has 4 heteroatoms. The Morgan fingerprint density at radius 2 is 2.07 bits per heavy atom. The molecule has 1 saturated carbocycles. The van der Waals surface area contributed by atoms with Gasteiger partial charge in [0.15, 0.2) is 0 Å².